The molecule has 0 heterocycles. The van der Waals surface area contributed by atoms with Crippen molar-refractivity contribution in [2.75, 3.05) is 17.1 Å². The predicted octanol–water partition coefficient (Wildman–Crippen LogP) is 5.31. The van der Waals surface area contributed by atoms with Crippen LogP contribution in [-0.2, 0) is 32.6 Å². The summed E-state index contributed by atoms with van der Waals surface area (Å²) in [6, 6.07) is 22.1. The lowest BCUT2D eigenvalue weighted by molar-refractivity contribution is -0.140. The van der Waals surface area contributed by atoms with Gasteiger partial charge in [0.05, 0.1) is 22.0 Å². The second-order valence-electron chi connectivity index (χ2n) is 10.3. The van der Waals surface area contributed by atoms with E-state index in [0.717, 1.165) is 21.7 Å². The van der Waals surface area contributed by atoms with Gasteiger partial charge in [-0.2, -0.15) is 0 Å². The van der Waals surface area contributed by atoms with Crippen LogP contribution in [0.2, 0.25) is 10.0 Å². The lowest BCUT2D eigenvalue weighted by Gasteiger charge is -2.35. The maximum absolute atomic E-state index is 14.0. The smallest absolute Gasteiger partial charge is 0.244 e. The molecule has 10 heteroatoms. The Kier molecular flexibility index (Phi) is 10.0. The van der Waals surface area contributed by atoms with E-state index in [1.807, 2.05) is 81.4 Å². The molecule has 1 atom stereocenters. The van der Waals surface area contributed by atoms with Gasteiger partial charge in [-0.1, -0.05) is 83.9 Å². The average Bonchev–Trinajstić information content (AvgIpc) is 2.86. The second-order valence-corrected chi connectivity index (χ2v) is 13.0. The van der Waals surface area contributed by atoms with Crippen molar-refractivity contribution in [2.24, 2.45) is 0 Å². The van der Waals surface area contributed by atoms with Crippen LogP contribution in [0.15, 0.2) is 78.9 Å². The summed E-state index contributed by atoms with van der Waals surface area (Å²) in [6.07, 6.45) is 1.26. The van der Waals surface area contributed by atoms with Gasteiger partial charge >= 0.3 is 0 Å². The molecular formula is C29H33Cl2N3O4S. The molecule has 0 saturated heterocycles. The molecule has 3 aromatic rings. The van der Waals surface area contributed by atoms with Crippen molar-refractivity contribution in [2.45, 2.75) is 45.3 Å². The Morgan fingerprint density at radius 1 is 0.872 bits per heavy atom. The Balaban J connectivity index is 2.06. The van der Waals surface area contributed by atoms with Crippen LogP contribution in [0.3, 0.4) is 0 Å². The van der Waals surface area contributed by atoms with E-state index in [1.54, 1.807) is 0 Å². The number of hydrogen-bond acceptors (Lipinski definition) is 4. The third-order valence-electron chi connectivity index (χ3n) is 5.84. The van der Waals surface area contributed by atoms with Gasteiger partial charge in [-0.3, -0.25) is 13.9 Å². The number of rotatable bonds is 10. The minimum absolute atomic E-state index is 0.105. The number of hydrogen-bond donors (Lipinski definition) is 1. The standard InChI is InChI=1S/C29H33Cl2N3O4S/c1-29(2,3)32-28(36)26(17-21-11-7-5-8-12-21)33(19-22-13-9-6-10-14-22)27(35)20-34(39(4,37)38)23-15-16-24(30)25(31)18-23/h5-16,18,26H,17,19-20H2,1-4H3,(H,32,36)/t26-/m1/s1. The zero-order valence-electron chi connectivity index (χ0n) is 22.4. The van der Waals surface area contributed by atoms with Gasteiger partial charge in [0.15, 0.2) is 0 Å². The summed E-state index contributed by atoms with van der Waals surface area (Å²) in [4.78, 5) is 29.1. The van der Waals surface area contributed by atoms with Gasteiger partial charge in [0, 0.05) is 18.5 Å². The average molecular weight is 591 g/mol. The van der Waals surface area contributed by atoms with Gasteiger partial charge in [-0.05, 0) is 50.1 Å². The van der Waals surface area contributed by atoms with Crippen molar-refractivity contribution >= 4 is 50.7 Å². The van der Waals surface area contributed by atoms with Crippen molar-refractivity contribution in [3.05, 3.63) is 100 Å². The summed E-state index contributed by atoms with van der Waals surface area (Å²) < 4.78 is 26.6. The fourth-order valence-electron chi connectivity index (χ4n) is 4.04. The van der Waals surface area contributed by atoms with E-state index in [2.05, 4.69) is 5.32 Å². The Morgan fingerprint density at radius 2 is 1.44 bits per heavy atom. The molecule has 2 amide bonds. The fourth-order valence-corrected chi connectivity index (χ4v) is 5.17. The molecule has 1 N–H and O–H groups in total. The number of nitrogens with zero attached hydrogens (tertiary/aromatic N) is 2. The lowest BCUT2D eigenvalue weighted by Crippen LogP contribution is -2.56. The molecule has 0 aliphatic rings. The molecule has 0 aromatic heterocycles. The zero-order valence-corrected chi connectivity index (χ0v) is 24.7. The molecule has 208 valence electrons. The molecule has 0 fully saturated rings. The van der Waals surface area contributed by atoms with Gasteiger partial charge in [0.25, 0.3) is 0 Å². The molecule has 3 rings (SSSR count). The number of carbonyl (C=O) groups excluding carboxylic acids is 2. The summed E-state index contributed by atoms with van der Waals surface area (Å²) in [6.45, 7) is 5.17. The van der Waals surface area contributed by atoms with Crippen LogP contribution in [0.4, 0.5) is 5.69 Å². The summed E-state index contributed by atoms with van der Waals surface area (Å²) in [5.41, 5.74) is 1.31. The molecule has 0 aliphatic carbocycles. The minimum Gasteiger partial charge on any atom is -0.350 e. The van der Waals surface area contributed by atoms with Crippen LogP contribution >= 0.6 is 23.2 Å². The van der Waals surface area contributed by atoms with Gasteiger partial charge in [-0.25, -0.2) is 8.42 Å². The highest BCUT2D eigenvalue weighted by atomic mass is 35.5. The van der Waals surface area contributed by atoms with Gasteiger partial charge in [0.1, 0.15) is 12.6 Å². The molecule has 0 spiro atoms. The summed E-state index contributed by atoms with van der Waals surface area (Å²) >= 11 is 12.2. The summed E-state index contributed by atoms with van der Waals surface area (Å²) in [7, 11) is -3.90. The maximum atomic E-state index is 14.0. The number of halogens is 2. The minimum atomic E-state index is -3.90. The van der Waals surface area contributed by atoms with Crippen LogP contribution in [-0.4, -0.2) is 49.5 Å². The molecular weight excluding hydrogens is 557 g/mol. The van der Waals surface area contributed by atoms with Crippen LogP contribution in [0.5, 0.6) is 0 Å². The first kappa shape index (κ1) is 30.5. The number of carbonyl (C=O) groups is 2. The van der Waals surface area contributed by atoms with Gasteiger partial charge < -0.3 is 10.2 Å². The number of sulfonamides is 1. The normalized spacial score (nSPS) is 12.5. The highest BCUT2D eigenvalue weighted by Crippen LogP contribution is 2.29. The SMILES string of the molecule is CC(C)(C)NC(=O)[C@@H](Cc1ccccc1)N(Cc1ccccc1)C(=O)CN(c1ccc(Cl)c(Cl)c1)S(C)(=O)=O. The highest BCUT2D eigenvalue weighted by Gasteiger charge is 2.34. The monoisotopic (exact) mass is 589 g/mol. The van der Waals surface area contributed by atoms with E-state index in [0.29, 0.717) is 0 Å². The van der Waals surface area contributed by atoms with Crippen molar-refractivity contribution in [1.82, 2.24) is 10.2 Å². The highest BCUT2D eigenvalue weighted by molar-refractivity contribution is 7.92. The molecule has 0 aliphatic heterocycles. The molecule has 3 aromatic carbocycles. The number of benzene rings is 3. The van der Waals surface area contributed by atoms with E-state index < -0.39 is 34.1 Å². The Bertz CT molecular complexity index is 1400. The number of anilines is 1. The van der Waals surface area contributed by atoms with Crippen LogP contribution in [0, 0.1) is 0 Å². The van der Waals surface area contributed by atoms with Crippen LogP contribution in [0.1, 0.15) is 31.9 Å². The third kappa shape index (κ3) is 8.98. The summed E-state index contributed by atoms with van der Waals surface area (Å²) in [5.74, 6) is -0.878. The Hall–Kier alpha value is -3.07. The molecule has 0 saturated carbocycles. The molecule has 0 radical (unpaired) electrons. The van der Waals surface area contributed by atoms with Crippen molar-refractivity contribution in [3.8, 4) is 0 Å². The fraction of sp³-hybridized carbons (Fsp3) is 0.310. The van der Waals surface area contributed by atoms with E-state index >= 15 is 0 Å². The first-order valence-electron chi connectivity index (χ1n) is 12.4. The van der Waals surface area contributed by atoms with Crippen molar-refractivity contribution in [1.29, 1.82) is 0 Å². The second kappa shape index (κ2) is 12.9. The number of amides is 2. The van der Waals surface area contributed by atoms with Crippen molar-refractivity contribution < 1.29 is 18.0 Å². The topological polar surface area (TPSA) is 86.8 Å². The van der Waals surface area contributed by atoms with E-state index in [9.17, 15) is 18.0 Å². The largest absolute Gasteiger partial charge is 0.350 e. The zero-order chi connectivity index (χ0) is 28.8. The lowest BCUT2D eigenvalue weighted by atomic mass is 10.0. The molecule has 7 nitrogen and oxygen atoms in total. The first-order chi connectivity index (χ1) is 18.2. The first-order valence-corrected chi connectivity index (χ1v) is 15.0. The predicted molar refractivity (Wildman–Crippen MR) is 157 cm³/mol. The number of nitrogens with one attached hydrogen (secondary N) is 1. The molecule has 0 unspecified atom stereocenters. The molecule has 39 heavy (non-hydrogen) atoms. The van der Waals surface area contributed by atoms with E-state index in [-0.39, 0.29) is 34.6 Å². The van der Waals surface area contributed by atoms with E-state index in [4.69, 9.17) is 23.2 Å². The Morgan fingerprint density at radius 3 is 1.95 bits per heavy atom. The van der Waals surface area contributed by atoms with E-state index in [1.165, 1.54) is 23.1 Å². The van der Waals surface area contributed by atoms with Gasteiger partial charge in [0.2, 0.25) is 21.8 Å². The van der Waals surface area contributed by atoms with Crippen molar-refractivity contribution in [3.63, 3.8) is 0 Å². The third-order valence-corrected chi connectivity index (χ3v) is 7.72. The molecule has 0 bridgehead atoms. The quantitative estimate of drug-likeness (QED) is 0.347. The maximum Gasteiger partial charge on any atom is 0.244 e. The van der Waals surface area contributed by atoms with Gasteiger partial charge in [-0.15, -0.1) is 0 Å². The summed E-state index contributed by atoms with van der Waals surface area (Å²) in [5, 5.41) is 3.41. The van der Waals surface area contributed by atoms with Crippen LogP contribution in [0.25, 0.3) is 0 Å². The Labute approximate surface area is 240 Å². The van der Waals surface area contributed by atoms with Crippen LogP contribution < -0.4 is 9.62 Å².